The van der Waals surface area contributed by atoms with Crippen LogP contribution in [0.5, 0.6) is 0 Å². The van der Waals surface area contributed by atoms with Crippen molar-refractivity contribution in [2.75, 3.05) is 21.3 Å². The zero-order chi connectivity index (χ0) is 25.0. The Morgan fingerprint density at radius 2 is 1.91 bits per heavy atom. The Hall–Kier alpha value is -5.01. The van der Waals surface area contributed by atoms with Crippen LogP contribution < -0.4 is 32.6 Å². The first-order chi connectivity index (χ1) is 16.1. The van der Waals surface area contributed by atoms with E-state index in [1.54, 1.807) is 30.3 Å². The van der Waals surface area contributed by atoms with Crippen LogP contribution in [0, 0.1) is 5.82 Å². The molecular formula is C20H19FN8O5. The molecule has 0 saturated heterocycles. The Morgan fingerprint density at radius 3 is 2.44 bits per heavy atom. The lowest BCUT2D eigenvalue weighted by Gasteiger charge is -2.26. The maximum atomic E-state index is 15.1. The summed E-state index contributed by atoms with van der Waals surface area (Å²) >= 11 is 0. The van der Waals surface area contributed by atoms with E-state index in [1.807, 2.05) is 0 Å². The number of nitrogen functional groups attached to an aromatic ring is 2. The summed E-state index contributed by atoms with van der Waals surface area (Å²) in [5.41, 5.74) is 15.2. The highest BCUT2D eigenvalue weighted by atomic mass is 19.1. The number of nitrogens with zero attached hydrogens (tertiary/aromatic N) is 4. The van der Waals surface area contributed by atoms with Gasteiger partial charge in [0.2, 0.25) is 12.4 Å². The van der Waals surface area contributed by atoms with Crippen molar-refractivity contribution in [1.82, 2.24) is 15.0 Å². The summed E-state index contributed by atoms with van der Waals surface area (Å²) in [6.07, 6.45) is 0.913. The maximum absolute atomic E-state index is 15.1. The van der Waals surface area contributed by atoms with Crippen molar-refractivity contribution in [3.63, 3.8) is 0 Å². The molecule has 2 heterocycles. The van der Waals surface area contributed by atoms with E-state index in [9.17, 15) is 24.3 Å². The number of hydrogen-bond donors (Lipinski definition) is 5. The molecule has 8 N–H and O–H groups in total. The van der Waals surface area contributed by atoms with Crippen LogP contribution in [-0.4, -0.2) is 44.5 Å². The number of rotatable bonds is 8. The van der Waals surface area contributed by atoms with Gasteiger partial charge in [-0.3, -0.25) is 24.4 Å². The molecule has 0 spiro atoms. The minimum absolute atomic E-state index is 0.130. The largest absolute Gasteiger partial charge is 0.480 e. The van der Waals surface area contributed by atoms with E-state index in [-0.39, 0.29) is 24.5 Å². The minimum Gasteiger partial charge on any atom is -0.480 e. The number of benzene rings is 1. The van der Waals surface area contributed by atoms with Gasteiger partial charge in [-0.2, -0.15) is 4.98 Å². The van der Waals surface area contributed by atoms with Crippen LogP contribution in [0.4, 0.5) is 38.1 Å². The maximum Gasteiger partial charge on any atom is 0.327 e. The SMILES string of the molecule is NC(=O)N(c1cnc(N(C=O)[C@@H](Cc2ccccc2)C(=O)O)c(F)c1)c1c(N)nc(N)[nH]c1=O. The molecule has 3 rings (SSSR count). The molecule has 1 aromatic carbocycles. The van der Waals surface area contributed by atoms with Gasteiger partial charge in [0.05, 0.1) is 11.9 Å². The summed E-state index contributed by atoms with van der Waals surface area (Å²) in [4.78, 5) is 58.7. The number of nitrogens with one attached hydrogen (secondary N) is 1. The predicted molar refractivity (Wildman–Crippen MR) is 120 cm³/mol. The first-order valence-corrected chi connectivity index (χ1v) is 9.54. The number of hydrogen-bond acceptors (Lipinski definition) is 8. The number of carbonyl (C=O) groups is 3. The van der Waals surface area contributed by atoms with Crippen molar-refractivity contribution in [2.24, 2.45) is 5.73 Å². The molecule has 0 radical (unpaired) electrons. The highest BCUT2D eigenvalue weighted by Gasteiger charge is 2.30. The van der Waals surface area contributed by atoms with Crippen LogP contribution in [0.1, 0.15) is 5.56 Å². The second-order valence-electron chi connectivity index (χ2n) is 6.91. The second kappa shape index (κ2) is 9.64. The summed E-state index contributed by atoms with van der Waals surface area (Å²) in [7, 11) is 0. The monoisotopic (exact) mass is 470 g/mol. The average Bonchev–Trinajstić information content (AvgIpc) is 2.77. The fraction of sp³-hybridized carbons (Fsp3) is 0.100. The van der Waals surface area contributed by atoms with Gasteiger partial charge >= 0.3 is 12.0 Å². The number of halogens is 1. The number of aromatic amines is 1. The van der Waals surface area contributed by atoms with Gasteiger partial charge in [0.1, 0.15) is 6.04 Å². The molecule has 0 aliphatic rings. The van der Waals surface area contributed by atoms with Crippen molar-refractivity contribution in [2.45, 2.75) is 12.5 Å². The number of carboxylic acids is 1. The first kappa shape index (κ1) is 23.6. The zero-order valence-electron chi connectivity index (χ0n) is 17.4. The van der Waals surface area contributed by atoms with Crippen molar-refractivity contribution in [3.8, 4) is 0 Å². The third kappa shape index (κ3) is 4.74. The molecular weight excluding hydrogens is 451 g/mol. The number of pyridine rings is 1. The van der Waals surface area contributed by atoms with Crippen LogP contribution in [0.2, 0.25) is 0 Å². The number of anilines is 5. The average molecular weight is 470 g/mol. The first-order valence-electron chi connectivity index (χ1n) is 9.54. The molecule has 2 aromatic heterocycles. The van der Waals surface area contributed by atoms with Gasteiger partial charge in [-0.25, -0.2) is 19.0 Å². The van der Waals surface area contributed by atoms with E-state index in [1.165, 1.54) is 0 Å². The topological polar surface area (TPSA) is 215 Å². The standard InChI is InChI=1S/C20H19FN8O5/c21-12-7-11(29(20(24)34)14-15(22)26-19(23)27-17(14)31)8-25-16(12)28(9-30)13(18(32)33)6-10-4-2-1-3-5-10/h1-5,7-9,13H,6H2,(H2,24,34)(H,32,33)(H5,22,23,26,27,31)/t13-/m0/s1. The van der Waals surface area contributed by atoms with Gasteiger partial charge in [-0.1, -0.05) is 30.3 Å². The highest BCUT2D eigenvalue weighted by Crippen LogP contribution is 2.29. The minimum atomic E-state index is -1.49. The molecule has 0 bridgehead atoms. The lowest BCUT2D eigenvalue weighted by molar-refractivity contribution is -0.139. The normalized spacial score (nSPS) is 11.4. The molecule has 34 heavy (non-hydrogen) atoms. The number of primary amides is 1. The number of amides is 3. The molecule has 0 aliphatic heterocycles. The van der Waals surface area contributed by atoms with Crippen LogP contribution in [-0.2, 0) is 16.0 Å². The van der Waals surface area contributed by atoms with E-state index in [2.05, 4.69) is 15.0 Å². The lowest BCUT2D eigenvalue weighted by atomic mass is 10.0. The van der Waals surface area contributed by atoms with Gasteiger partial charge in [0.15, 0.2) is 23.1 Å². The fourth-order valence-electron chi connectivity index (χ4n) is 3.23. The van der Waals surface area contributed by atoms with Gasteiger partial charge in [0, 0.05) is 12.5 Å². The van der Waals surface area contributed by atoms with Gasteiger partial charge in [-0.15, -0.1) is 0 Å². The molecule has 0 fully saturated rings. The Balaban J connectivity index is 2.04. The molecule has 13 nitrogen and oxygen atoms in total. The van der Waals surface area contributed by atoms with Gasteiger partial charge < -0.3 is 22.3 Å². The van der Waals surface area contributed by atoms with Crippen LogP contribution in [0.3, 0.4) is 0 Å². The molecule has 176 valence electrons. The Labute approximate surface area is 190 Å². The summed E-state index contributed by atoms with van der Waals surface area (Å²) in [6, 6.07) is 6.43. The van der Waals surface area contributed by atoms with Crippen molar-refractivity contribution in [3.05, 3.63) is 64.3 Å². The lowest BCUT2D eigenvalue weighted by Crippen LogP contribution is -2.43. The summed E-state index contributed by atoms with van der Waals surface area (Å²) in [5.74, 6) is -3.98. The molecule has 1 atom stereocenters. The van der Waals surface area contributed by atoms with E-state index >= 15 is 4.39 Å². The molecule has 0 saturated carbocycles. The number of nitrogens with two attached hydrogens (primary N) is 3. The van der Waals surface area contributed by atoms with E-state index in [0.29, 0.717) is 15.4 Å². The highest BCUT2D eigenvalue weighted by molar-refractivity contribution is 6.00. The third-order valence-corrected chi connectivity index (χ3v) is 4.70. The predicted octanol–water partition coefficient (Wildman–Crippen LogP) is 0.344. The summed E-state index contributed by atoms with van der Waals surface area (Å²) in [5, 5.41) is 9.65. The molecule has 0 unspecified atom stereocenters. The molecule has 3 aromatic rings. The van der Waals surface area contributed by atoms with Gasteiger partial charge in [0.25, 0.3) is 5.56 Å². The van der Waals surface area contributed by atoms with Crippen molar-refractivity contribution in [1.29, 1.82) is 0 Å². The van der Waals surface area contributed by atoms with Crippen molar-refractivity contribution >= 4 is 47.4 Å². The van der Waals surface area contributed by atoms with Crippen LogP contribution in [0.25, 0.3) is 0 Å². The molecule has 0 aliphatic carbocycles. The number of carbonyl (C=O) groups excluding carboxylic acids is 2. The van der Waals surface area contributed by atoms with Crippen LogP contribution in [0.15, 0.2) is 47.4 Å². The Kier molecular flexibility index (Phi) is 6.71. The molecule has 3 amide bonds. The molecule has 14 heteroatoms. The Bertz CT molecular complexity index is 1300. The number of carboxylic acid groups (broad SMARTS) is 1. The fourth-order valence-corrected chi connectivity index (χ4v) is 3.23. The van der Waals surface area contributed by atoms with Crippen molar-refractivity contribution < 1.29 is 23.9 Å². The number of urea groups is 1. The van der Waals surface area contributed by atoms with Gasteiger partial charge in [-0.05, 0) is 5.56 Å². The summed E-state index contributed by atoms with van der Waals surface area (Å²) in [6.45, 7) is 0. The number of aliphatic carboxylic acids is 1. The van der Waals surface area contributed by atoms with E-state index in [4.69, 9.17) is 17.2 Å². The quantitative estimate of drug-likeness (QED) is 0.286. The number of H-pyrrole nitrogens is 1. The van der Waals surface area contributed by atoms with Crippen LogP contribution >= 0.6 is 0 Å². The Morgan fingerprint density at radius 1 is 1.24 bits per heavy atom. The van der Waals surface area contributed by atoms with E-state index < -0.39 is 46.7 Å². The second-order valence-corrected chi connectivity index (χ2v) is 6.91. The smallest absolute Gasteiger partial charge is 0.327 e. The summed E-state index contributed by atoms with van der Waals surface area (Å²) < 4.78 is 15.1. The number of aromatic nitrogens is 3. The van der Waals surface area contributed by atoms with E-state index in [0.717, 1.165) is 12.3 Å². The zero-order valence-corrected chi connectivity index (χ0v) is 17.4. The third-order valence-electron chi connectivity index (χ3n) is 4.70.